The van der Waals surface area contributed by atoms with Gasteiger partial charge in [-0.2, -0.15) is 0 Å². The Morgan fingerprint density at radius 1 is 1.21 bits per heavy atom. The van der Waals surface area contributed by atoms with Gasteiger partial charge in [0, 0.05) is 7.34 Å². The van der Waals surface area contributed by atoms with Crippen molar-refractivity contribution >= 4 is 5.78 Å². The van der Waals surface area contributed by atoms with Crippen molar-refractivity contribution < 1.29 is 6.22 Å². The Balaban J connectivity index is 0. The van der Waals surface area contributed by atoms with Crippen LogP contribution >= 0.6 is 0 Å². The highest BCUT2D eigenvalue weighted by molar-refractivity contribution is 5.85. The summed E-state index contributed by atoms with van der Waals surface area (Å²) in [6.07, 6.45) is 3.01. The van der Waals surface area contributed by atoms with Crippen LogP contribution < -0.4 is 5.32 Å². The molecule has 2 nitrogen and oxygen atoms in total. The molecule has 0 heterocycles. The van der Waals surface area contributed by atoms with E-state index in [2.05, 4.69) is 29.6 Å². The van der Waals surface area contributed by atoms with Crippen LogP contribution in [0.4, 0.5) is 0 Å². The van der Waals surface area contributed by atoms with E-state index in [9.17, 15) is 4.79 Å². The molecule has 2 heteroatoms. The number of nitrogens with one attached hydrogen (secondary N) is 1. The van der Waals surface area contributed by atoms with E-state index in [0.29, 0.717) is 5.78 Å². The second kappa shape index (κ2) is 10.7. The Labute approximate surface area is 120 Å². The Morgan fingerprint density at radius 3 is 2.26 bits per heavy atom. The molecule has 110 valence electrons. The first kappa shape index (κ1) is 17.8. The Kier molecular flexibility index (Phi) is 10.1. The molecule has 1 atom stereocenters. The molecule has 0 saturated carbocycles. The summed E-state index contributed by atoms with van der Waals surface area (Å²) in [5.74, 6) is 0.435. The van der Waals surface area contributed by atoms with Crippen molar-refractivity contribution in [3.8, 4) is 0 Å². The van der Waals surface area contributed by atoms with Gasteiger partial charge >= 0.3 is 0 Å². The zero-order chi connectivity index (χ0) is 14.7. The quantitative estimate of drug-likeness (QED) is 0.804. The molecule has 0 bridgehead atoms. The zero-order valence-electron chi connectivity index (χ0n) is 13.1. The number of benzene rings is 1. The van der Waals surface area contributed by atoms with Crippen molar-refractivity contribution in [2.24, 2.45) is 5.92 Å². The summed E-state index contributed by atoms with van der Waals surface area (Å²) in [6.45, 7) is 7.92. The van der Waals surface area contributed by atoms with Crippen LogP contribution in [-0.2, 0) is 11.2 Å². The number of aryl methyl sites for hydroxylation is 1. The molecule has 0 amide bonds. The van der Waals surface area contributed by atoms with E-state index in [0.717, 1.165) is 19.3 Å². The first-order valence-electron chi connectivity index (χ1n) is 7.40. The number of carbonyl (C=O) groups is 1. The third-order valence-corrected chi connectivity index (χ3v) is 3.06. The maximum Gasteiger partial charge on any atom is 0.152 e. The minimum Gasteiger partial charge on any atom is -0.311 e. The number of likely N-dealkylation sites (N-methyl/N-ethyl adjacent to an activating group) is 1. The van der Waals surface area contributed by atoms with Crippen LogP contribution in [-0.4, -0.2) is 18.9 Å². The fourth-order valence-electron chi connectivity index (χ4n) is 1.99. The van der Waals surface area contributed by atoms with Crippen molar-refractivity contribution in [3.05, 3.63) is 35.9 Å². The fourth-order valence-corrected chi connectivity index (χ4v) is 1.99. The molecular weight excluding hydrogens is 234 g/mol. The number of hydrogen-bond donors (Lipinski definition) is 1. The third-order valence-electron chi connectivity index (χ3n) is 3.06. The average molecular weight is 265 g/mol. The van der Waals surface area contributed by atoms with Gasteiger partial charge in [-0.1, -0.05) is 58.0 Å². The molecule has 0 aliphatic rings. The van der Waals surface area contributed by atoms with Gasteiger partial charge in [-0.3, -0.25) is 4.79 Å². The van der Waals surface area contributed by atoms with Crippen LogP contribution in [0.5, 0.6) is 0 Å². The van der Waals surface area contributed by atoms with Crippen LogP contribution in [0, 0.1) is 5.92 Å². The average Bonchev–Trinajstić information content (AvgIpc) is 2.46. The lowest BCUT2D eigenvalue weighted by molar-refractivity contribution is -0.124. The van der Waals surface area contributed by atoms with Crippen LogP contribution in [0.1, 0.15) is 47.5 Å². The molecular formula is C17H31NO. The highest BCUT2D eigenvalue weighted by Crippen LogP contribution is 2.09. The van der Waals surface area contributed by atoms with Gasteiger partial charge in [-0.25, -0.2) is 0 Å². The van der Waals surface area contributed by atoms with E-state index < -0.39 is 0 Å². The van der Waals surface area contributed by atoms with E-state index in [4.69, 9.17) is 0 Å². The van der Waals surface area contributed by atoms with Crippen molar-refractivity contribution in [1.29, 1.82) is 0 Å². The van der Waals surface area contributed by atoms with Gasteiger partial charge in [0.2, 0.25) is 0 Å². The van der Waals surface area contributed by atoms with Crippen LogP contribution in [0.25, 0.3) is 0 Å². The lowest BCUT2D eigenvalue weighted by atomic mass is 9.96. The van der Waals surface area contributed by atoms with Crippen molar-refractivity contribution in [2.75, 3.05) is 7.05 Å². The summed E-state index contributed by atoms with van der Waals surface area (Å²) in [4.78, 5) is 11.9. The van der Waals surface area contributed by atoms with Gasteiger partial charge in [0.1, 0.15) is 0 Å². The van der Waals surface area contributed by atoms with Gasteiger partial charge < -0.3 is 5.32 Å². The monoisotopic (exact) mass is 265 g/mol. The van der Waals surface area contributed by atoms with Crippen molar-refractivity contribution in [2.45, 2.75) is 53.0 Å². The molecule has 0 spiro atoms. The van der Waals surface area contributed by atoms with Crippen LogP contribution in [0.3, 0.4) is 0 Å². The minimum absolute atomic E-state index is 0. The number of ketones is 1. The summed E-state index contributed by atoms with van der Waals surface area (Å²) >= 11 is 0. The van der Waals surface area contributed by atoms with E-state index in [-0.39, 0.29) is 13.4 Å². The molecule has 0 aliphatic heterocycles. The molecule has 1 aromatic carbocycles. The highest BCUT2D eigenvalue weighted by atomic mass is 16.1. The number of hydrogen-bond acceptors (Lipinski definition) is 2. The van der Waals surface area contributed by atoms with Crippen molar-refractivity contribution in [3.63, 3.8) is 0 Å². The molecule has 0 radical (unpaired) electrons. The van der Waals surface area contributed by atoms with Gasteiger partial charge in [-0.15, -0.1) is 0 Å². The lowest BCUT2D eigenvalue weighted by Crippen LogP contribution is -2.36. The maximum atomic E-state index is 11.9. The summed E-state index contributed by atoms with van der Waals surface area (Å²) in [7, 11) is 1.87. The second-order valence-electron chi connectivity index (χ2n) is 4.78. The number of carbonyl (C=O) groups excluding carboxylic acids is 1. The van der Waals surface area contributed by atoms with Crippen molar-refractivity contribution in [1.82, 2.24) is 5.32 Å². The number of Topliss-reactive ketones (excluding diaryl/α,β-unsaturated/α-hetero) is 1. The molecule has 19 heavy (non-hydrogen) atoms. The van der Waals surface area contributed by atoms with Gasteiger partial charge in [0.05, 0.1) is 6.04 Å². The largest absolute Gasteiger partial charge is 0.311 e. The molecule has 0 aromatic heterocycles. The lowest BCUT2D eigenvalue weighted by Gasteiger charge is -2.16. The molecule has 0 unspecified atom stereocenters. The predicted molar refractivity (Wildman–Crippen MR) is 85.5 cm³/mol. The topological polar surface area (TPSA) is 29.1 Å². The normalized spacial score (nSPS) is 11.7. The highest BCUT2D eigenvalue weighted by Gasteiger charge is 2.18. The van der Waals surface area contributed by atoms with Crippen LogP contribution in [0.15, 0.2) is 30.3 Å². The van der Waals surface area contributed by atoms with Crippen LogP contribution in [0.2, 0.25) is 0 Å². The van der Waals surface area contributed by atoms with Gasteiger partial charge in [0.25, 0.3) is 0 Å². The Hall–Kier alpha value is -1.15. The van der Waals surface area contributed by atoms with E-state index >= 15 is 0 Å². The maximum absolute atomic E-state index is 11.9. The number of rotatable bonds is 7. The minimum atomic E-state index is 0. The molecule has 0 fully saturated rings. The summed E-state index contributed by atoms with van der Waals surface area (Å²) in [6, 6.07) is 10.4. The van der Waals surface area contributed by atoms with E-state index in [1.165, 1.54) is 5.56 Å². The molecule has 1 N–H and O–H groups in total. The Bertz CT molecular complexity index is 338. The SMILES string of the molecule is CC.CN[C@@H](CCCc1ccccc1)C(=O)C(C)C.[HH]. The first-order chi connectivity index (χ1) is 9.15. The summed E-state index contributed by atoms with van der Waals surface area (Å²) in [5.41, 5.74) is 1.35. The van der Waals surface area contributed by atoms with E-state index in [1.807, 2.05) is 40.8 Å². The third kappa shape index (κ3) is 7.12. The molecule has 0 aliphatic carbocycles. The fraction of sp³-hybridized carbons (Fsp3) is 0.588. The summed E-state index contributed by atoms with van der Waals surface area (Å²) in [5, 5.41) is 3.12. The molecule has 1 aromatic rings. The predicted octanol–water partition coefficient (Wildman–Crippen LogP) is 4.09. The first-order valence-corrected chi connectivity index (χ1v) is 7.40. The zero-order valence-corrected chi connectivity index (χ0v) is 13.1. The molecule has 1 rings (SSSR count). The second-order valence-corrected chi connectivity index (χ2v) is 4.78. The molecule has 0 saturated heterocycles. The van der Waals surface area contributed by atoms with E-state index in [1.54, 1.807) is 0 Å². The summed E-state index contributed by atoms with van der Waals surface area (Å²) < 4.78 is 0. The Morgan fingerprint density at radius 2 is 1.79 bits per heavy atom. The van der Waals surface area contributed by atoms with Gasteiger partial charge in [0.15, 0.2) is 5.78 Å². The standard InChI is InChI=1S/C15H23NO.C2H6.H2/c1-12(2)15(17)14(16-3)11-7-10-13-8-5-4-6-9-13;1-2;/h4-6,8-9,12,14,16H,7,10-11H2,1-3H3;1-2H3;1H/t14-;;/m0../s1. The smallest absolute Gasteiger partial charge is 0.152 e. The van der Waals surface area contributed by atoms with Gasteiger partial charge in [-0.05, 0) is 31.9 Å².